The summed E-state index contributed by atoms with van der Waals surface area (Å²) in [5.74, 6) is 0.751. The van der Waals surface area contributed by atoms with Gasteiger partial charge in [0.15, 0.2) is 0 Å². The molecule has 3 rings (SSSR count). The summed E-state index contributed by atoms with van der Waals surface area (Å²) < 4.78 is 0.783. The summed E-state index contributed by atoms with van der Waals surface area (Å²) in [4.78, 5) is 19.0. The smallest absolute Gasteiger partial charge is 0.273 e. The maximum Gasteiger partial charge on any atom is 0.273 e. The van der Waals surface area contributed by atoms with E-state index in [1.54, 1.807) is 6.20 Å². The molecule has 2 heterocycles. The van der Waals surface area contributed by atoms with E-state index in [1.807, 2.05) is 17.0 Å². The van der Waals surface area contributed by atoms with Crippen molar-refractivity contribution in [1.29, 1.82) is 0 Å². The number of carbonyl (C=O) groups excluding carboxylic acids is 1. The zero-order chi connectivity index (χ0) is 13.9. The number of aromatic nitrogens is 1. The standard InChI is InChI=1S/C15H20BrN3O/c16-13-4-2-8-18-14(13)15(20)19(9-11-5-6-11)10-12-3-1-7-17-12/h2,4,8,11-12,17H,1,3,5-7,9-10H2. The van der Waals surface area contributed by atoms with Crippen molar-refractivity contribution >= 4 is 21.8 Å². The highest BCUT2D eigenvalue weighted by atomic mass is 79.9. The average molecular weight is 338 g/mol. The Bertz CT molecular complexity index is 484. The lowest BCUT2D eigenvalue weighted by atomic mass is 10.2. The molecule has 1 aromatic rings. The SMILES string of the molecule is O=C(c1ncccc1Br)N(CC1CC1)CC1CCCN1. The van der Waals surface area contributed by atoms with Crippen LogP contribution in [-0.4, -0.2) is 41.5 Å². The maximum atomic E-state index is 12.7. The van der Waals surface area contributed by atoms with Crippen molar-refractivity contribution in [2.75, 3.05) is 19.6 Å². The number of halogens is 1. The Labute approximate surface area is 128 Å². The van der Waals surface area contributed by atoms with Gasteiger partial charge in [0, 0.05) is 29.8 Å². The Morgan fingerprint density at radius 2 is 2.25 bits per heavy atom. The molecular formula is C15H20BrN3O. The molecule has 1 aliphatic carbocycles. The van der Waals surface area contributed by atoms with Crippen LogP contribution in [0.5, 0.6) is 0 Å². The zero-order valence-electron chi connectivity index (χ0n) is 11.5. The molecule has 2 aliphatic rings. The van der Waals surface area contributed by atoms with E-state index in [4.69, 9.17) is 0 Å². The number of rotatable bonds is 5. The van der Waals surface area contributed by atoms with E-state index in [1.165, 1.54) is 19.3 Å². The van der Waals surface area contributed by atoms with Crippen LogP contribution in [0, 0.1) is 5.92 Å². The first kappa shape index (κ1) is 14.0. The summed E-state index contributed by atoms with van der Waals surface area (Å²) in [5, 5.41) is 3.48. The highest BCUT2D eigenvalue weighted by Gasteiger charge is 2.30. The summed E-state index contributed by atoms with van der Waals surface area (Å²) >= 11 is 3.43. The summed E-state index contributed by atoms with van der Waals surface area (Å²) in [5.41, 5.74) is 0.533. The zero-order valence-corrected chi connectivity index (χ0v) is 13.1. The van der Waals surface area contributed by atoms with Gasteiger partial charge in [-0.25, -0.2) is 4.98 Å². The van der Waals surface area contributed by atoms with E-state index in [0.29, 0.717) is 17.7 Å². The van der Waals surface area contributed by atoms with Crippen molar-refractivity contribution < 1.29 is 4.79 Å². The molecule has 1 unspecified atom stereocenters. The lowest BCUT2D eigenvalue weighted by Crippen LogP contribution is -2.42. The molecule has 0 aromatic carbocycles. The Morgan fingerprint density at radius 1 is 1.40 bits per heavy atom. The van der Waals surface area contributed by atoms with Crippen molar-refractivity contribution in [3.05, 3.63) is 28.5 Å². The van der Waals surface area contributed by atoms with E-state index < -0.39 is 0 Å². The quantitative estimate of drug-likeness (QED) is 0.897. The summed E-state index contributed by atoms with van der Waals surface area (Å²) in [6, 6.07) is 4.16. The monoisotopic (exact) mass is 337 g/mol. The van der Waals surface area contributed by atoms with Crippen LogP contribution in [0.4, 0.5) is 0 Å². The summed E-state index contributed by atoms with van der Waals surface area (Å²) in [6.45, 7) is 2.75. The lowest BCUT2D eigenvalue weighted by Gasteiger charge is -2.26. The fraction of sp³-hybridized carbons (Fsp3) is 0.600. The molecule has 4 nitrogen and oxygen atoms in total. The van der Waals surface area contributed by atoms with E-state index in [0.717, 1.165) is 30.5 Å². The molecule has 1 amide bonds. The fourth-order valence-electron chi connectivity index (χ4n) is 2.72. The van der Waals surface area contributed by atoms with Crippen LogP contribution in [0.1, 0.15) is 36.2 Å². The number of nitrogens with one attached hydrogen (secondary N) is 1. The molecular weight excluding hydrogens is 318 g/mol. The van der Waals surface area contributed by atoms with Crippen molar-refractivity contribution in [1.82, 2.24) is 15.2 Å². The summed E-state index contributed by atoms with van der Waals surface area (Å²) in [6.07, 6.45) is 6.57. The van der Waals surface area contributed by atoms with Crippen molar-refractivity contribution in [2.24, 2.45) is 5.92 Å². The van der Waals surface area contributed by atoms with Crippen molar-refractivity contribution in [3.63, 3.8) is 0 Å². The highest BCUT2D eigenvalue weighted by Crippen LogP contribution is 2.30. The predicted molar refractivity (Wildman–Crippen MR) is 81.6 cm³/mol. The molecule has 1 aromatic heterocycles. The molecule has 5 heteroatoms. The average Bonchev–Trinajstić information content (AvgIpc) is 3.11. The Hall–Kier alpha value is -0.940. The number of nitrogens with zero attached hydrogens (tertiary/aromatic N) is 2. The second-order valence-electron chi connectivity index (χ2n) is 5.78. The topological polar surface area (TPSA) is 45.2 Å². The lowest BCUT2D eigenvalue weighted by molar-refractivity contribution is 0.0726. The first-order chi connectivity index (χ1) is 9.74. The van der Waals surface area contributed by atoms with E-state index >= 15 is 0 Å². The third-order valence-corrected chi connectivity index (χ3v) is 4.67. The molecule has 1 aliphatic heterocycles. The van der Waals surface area contributed by atoms with E-state index in [9.17, 15) is 4.79 Å². The number of hydrogen-bond donors (Lipinski definition) is 1. The van der Waals surface area contributed by atoms with E-state index in [-0.39, 0.29) is 5.91 Å². The number of pyridine rings is 1. The molecule has 1 saturated heterocycles. The van der Waals surface area contributed by atoms with Gasteiger partial charge in [-0.1, -0.05) is 0 Å². The highest BCUT2D eigenvalue weighted by molar-refractivity contribution is 9.10. The number of amides is 1. The van der Waals surface area contributed by atoms with Gasteiger partial charge in [0.05, 0.1) is 0 Å². The van der Waals surface area contributed by atoms with Crippen molar-refractivity contribution in [3.8, 4) is 0 Å². The Kier molecular flexibility index (Phi) is 4.36. The minimum absolute atomic E-state index is 0.0538. The molecule has 0 spiro atoms. The third-order valence-electron chi connectivity index (χ3n) is 4.03. The second kappa shape index (κ2) is 6.22. The van der Waals surface area contributed by atoms with Crippen LogP contribution in [0.25, 0.3) is 0 Å². The van der Waals surface area contributed by atoms with Crippen LogP contribution in [0.3, 0.4) is 0 Å². The fourth-order valence-corrected chi connectivity index (χ4v) is 3.15. The van der Waals surface area contributed by atoms with Crippen LogP contribution >= 0.6 is 15.9 Å². The van der Waals surface area contributed by atoms with Crippen LogP contribution in [0.15, 0.2) is 22.8 Å². The molecule has 108 valence electrons. The first-order valence-electron chi connectivity index (χ1n) is 7.37. The molecule has 0 bridgehead atoms. The van der Waals surface area contributed by atoms with E-state index in [2.05, 4.69) is 26.2 Å². The van der Waals surface area contributed by atoms with Gasteiger partial charge in [-0.3, -0.25) is 4.79 Å². The number of carbonyl (C=O) groups is 1. The van der Waals surface area contributed by atoms with Gasteiger partial charge >= 0.3 is 0 Å². The van der Waals surface area contributed by atoms with Gasteiger partial charge in [0.25, 0.3) is 5.91 Å². The molecule has 1 N–H and O–H groups in total. The third kappa shape index (κ3) is 3.38. The molecule has 2 fully saturated rings. The molecule has 1 atom stereocenters. The van der Waals surface area contributed by atoms with Crippen LogP contribution in [0.2, 0.25) is 0 Å². The second-order valence-corrected chi connectivity index (χ2v) is 6.63. The van der Waals surface area contributed by atoms with Gasteiger partial charge < -0.3 is 10.2 Å². The van der Waals surface area contributed by atoms with Gasteiger partial charge in [0.1, 0.15) is 5.69 Å². The van der Waals surface area contributed by atoms with Gasteiger partial charge in [-0.15, -0.1) is 0 Å². The van der Waals surface area contributed by atoms with Crippen LogP contribution < -0.4 is 5.32 Å². The predicted octanol–water partition coefficient (Wildman–Crippen LogP) is 2.45. The first-order valence-corrected chi connectivity index (χ1v) is 8.16. The normalized spacial score (nSPS) is 21.9. The van der Waals surface area contributed by atoms with Crippen LogP contribution in [-0.2, 0) is 0 Å². The van der Waals surface area contributed by atoms with Gasteiger partial charge in [-0.05, 0) is 66.2 Å². The summed E-state index contributed by atoms with van der Waals surface area (Å²) in [7, 11) is 0. The molecule has 0 radical (unpaired) electrons. The van der Waals surface area contributed by atoms with Gasteiger partial charge in [-0.2, -0.15) is 0 Å². The minimum atomic E-state index is 0.0538. The van der Waals surface area contributed by atoms with Crippen molar-refractivity contribution in [2.45, 2.75) is 31.7 Å². The maximum absolute atomic E-state index is 12.7. The number of hydrogen-bond acceptors (Lipinski definition) is 3. The van der Waals surface area contributed by atoms with Gasteiger partial charge in [0.2, 0.25) is 0 Å². The Morgan fingerprint density at radius 3 is 2.90 bits per heavy atom. The molecule has 1 saturated carbocycles. The molecule has 20 heavy (non-hydrogen) atoms. The Balaban J connectivity index is 1.73. The minimum Gasteiger partial charge on any atom is -0.335 e. The largest absolute Gasteiger partial charge is 0.335 e.